The number of carboxylic acid groups (broad SMARTS) is 1. The van der Waals surface area contributed by atoms with Crippen molar-refractivity contribution < 1.29 is 19.1 Å². The van der Waals surface area contributed by atoms with Crippen molar-refractivity contribution in [3.05, 3.63) is 34.5 Å². The summed E-state index contributed by atoms with van der Waals surface area (Å²) in [5.74, 6) is -1.55. The zero-order valence-corrected chi connectivity index (χ0v) is 13.6. The van der Waals surface area contributed by atoms with Crippen molar-refractivity contribution in [2.75, 3.05) is 0 Å². The lowest BCUT2D eigenvalue weighted by molar-refractivity contribution is -0.138. The van der Waals surface area contributed by atoms with Crippen LogP contribution in [0.2, 0.25) is 0 Å². The first-order chi connectivity index (χ1) is 10.9. The summed E-state index contributed by atoms with van der Waals surface area (Å²) >= 11 is 1.25. The number of aliphatic carboxylic acids is 1. The number of carbonyl (C=O) groups excluding carboxylic acids is 1. The molecular formula is C17H18FNO3S. The van der Waals surface area contributed by atoms with E-state index in [4.69, 9.17) is 5.11 Å². The Morgan fingerprint density at radius 1 is 1.35 bits per heavy atom. The summed E-state index contributed by atoms with van der Waals surface area (Å²) in [4.78, 5) is 24.3. The van der Waals surface area contributed by atoms with Crippen LogP contribution in [0.4, 0.5) is 4.39 Å². The van der Waals surface area contributed by atoms with Crippen LogP contribution in [-0.2, 0) is 4.79 Å². The van der Waals surface area contributed by atoms with Crippen molar-refractivity contribution in [2.45, 2.75) is 44.6 Å². The Bertz CT molecular complexity index is 777. The fourth-order valence-corrected chi connectivity index (χ4v) is 4.57. The van der Waals surface area contributed by atoms with E-state index in [1.807, 2.05) is 0 Å². The average molecular weight is 335 g/mol. The normalized spacial score (nSPS) is 16.6. The summed E-state index contributed by atoms with van der Waals surface area (Å²) in [6, 6.07) is 4.79. The van der Waals surface area contributed by atoms with E-state index < -0.39 is 11.5 Å². The van der Waals surface area contributed by atoms with E-state index in [2.05, 4.69) is 5.32 Å². The quantitative estimate of drug-likeness (QED) is 0.891. The highest BCUT2D eigenvalue weighted by Gasteiger charge is 2.38. The third-order valence-electron chi connectivity index (χ3n) is 4.54. The van der Waals surface area contributed by atoms with Gasteiger partial charge in [0.2, 0.25) is 0 Å². The molecule has 1 aliphatic rings. The van der Waals surface area contributed by atoms with Crippen LogP contribution < -0.4 is 5.32 Å². The van der Waals surface area contributed by atoms with E-state index in [-0.39, 0.29) is 18.1 Å². The van der Waals surface area contributed by atoms with Crippen molar-refractivity contribution in [3.63, 3.8) is 0 Å². The fraction of sp³-hybridized carbons (Fsp3) is 0.412. The zero-order chi connectivity index (χ0) is 16.6. The number of benzene rings is 1. The van der Waals surface area contributed by atoms with Gasteiger partial charge in [0.1, 0.15) is 5.82 Å². The van der Waals surface area contributed by atoms with E-state index in [9.17, 15) is 14.0 Å². The van der Waals surface area contributed by atoms with Gasteiger partial charge < -0.3 is 10.4 Å². The Balaban J connectivity index is 1.92. The van der Waals surface area contributed by atoms with Crippen molar-refractivity contribution in [3.8, 4) is 0 Å². The molecule has 3 rings (SSSR count). The van der Waals surface area contributed by atoms with Crippen LogP contribution >= 0.6 is 11.3 Å². The van der Waals surface area contributed by atoms with Crippen molar-refractivity contribution in [1.82, 2.24) is 5.32 Å². The molecule has 0 radical (unpaired) electrons. The standard InChI is InChI=1S/C17H18FNO3S/c1-10-14-11(18)5-4-6-12(14)23-15(10)16(22)19-17(9-13(20)21)7-2-3-8-17/h4-6H,2-3,7-9H2,1H3,(H,19,22)(H,20,21). The van der Waals surface area contributed by atoms with Crippen LogP contribution in [0.25, 0.3) is 10.1 Å². The smallest absolute Gasteiger partial charge is 0.305 e. The van der Waals surface area contributed by atoms with Gasteiger partial charge >= 0.3 is 5.97 Å². The third-order valence-corrected chi connectivity index (χ3v) is 5.79. The Morgan fingerprint density at radius 3 is 2.65 bits per heavy atom. The topological polar surface area (TPSA) is 66.4 Å². The first-order valence-corrected chi connectivity index (χ1v) is 8.45. The van der Waals surface area contributed by atoms with Crippen LogP contribution in [0.1, 0.15) is 47.3 Å². The first-order valence-electron chi connectivity index (χ1n) is 7.64. The van der Waals surface area contributed by atoms with E-state index in [0.29, 0.717) is 28.7 Å². The van der Waals surface area contributed by atoms with Gasteiger partial charge in [0.15, 0.2) is 0 Å². The highest BCUT2D eigenvalue weighted by Crippen LogP contribution is 2.36. The molecule has 0 atom stereocenters. The third kappa shape index (κ3) is 2.95. The van der Waals surface area contributed by atoms with Crippen LogP contribution in [0.15, 0.2) is 18.2 Å². The molecule has 23 heavy (non-hydrogen) atoms. The summed E-state index contributed by atoms with van der Waals surface area (Å²) in [5.41, 5.74) is -0.0616. The minimum Gasteiger partial charge on any atom is -0.481 e. The maximum Gasteiger partial charge on any atom is 0.305 e. The molecule has 122 valence electrons. The van der Waals surface area contributed by atoms with Crippen molar-refractivity contribution in [1.29, 1.82) is 0 Å². The van der Waals surface area contributed by atoms with Gasteiger partial charge in [-0.3, -0.25) is 9.59 Å². The number of amides is 1. The summed E-state index contributed by atoms with van der Waals surface area (Å²) in [6.07, 6.45) is 3.09. The number of fused-ring (bicyclic) bond motifs is 1. The molecule has 1 aliphatic carbocycles. The second-order valence-electron chi connectivity index (χ2n) is 6.18. The van der Waals surface area contributed by atoms with Gasteiger partial charge in [-0.15, -0.1) is 11.3 Å². The van der Waals surface area contributed by atoms with Crippen LogP contribution in [0, 0.1) is 12.7 Å². The van der Waals surface area contributed by atoms with E-state index in [1.165, 1.54) is 17.4 Å². The highest BCUT2D eigenvalue weighted by atomic mass is 32.1. The SMILES string of the molecule is Cc1c(C(=O)NC2(CC(=O)O)CCCC2)sc2cccc(F)c12. The maximum absolute atomic E-state index is 14.0. The van der Waals surface area contributed by atoms with E-state index in [0.717, 1.165) is 17.5 Å². The Morgan fingerprint density at radius 2 is 2.04 bits per heavy atom. The summed E-state index contributed by atoms with van der Waals surface area (Å²) in [7, 11) is 0. The number of nitrogens with one attached hydrogen (secondary N) is 1. The molecule has 0 spiro atoms. The largest absolute Gasteiger partial charge is 0.481 e. The monoisotopic (exact) mass is 335 g/mol. The minimum atomic E-state index is -0.911. The molecule has 4 nitrogen and oxygen atoms in total. The molecule has 6 heteroatoms. The second-order valence-corrected chi connectivity index (χ2v) is 7.23. The lowest BCUT2D eigenvalue weighted by Crippen LogP contribution is -2.47. The van der Waals surface area contributed by atoms with Crippen LogP contribution in [0.3, 0.4) is 0 Å². The molecule has 1 aromatic heterocycles. The predicted octanol–water partition coefficient (Wildman–Crippen LogP) is 3.87. The van der Waals surface area contributed by atoms with Gasteiger partial charge in [0.05, 0.1) is 16.8 Å². The van der Waals surface area contributed by atoms with Gasteiger partial charge in [-0.2, -0.15) is 0 Å². The predicted molar refractivity (Wildman–Crippen MR) is 87.4 cm³/mol. The number of aryl methyl sites for hydroxylation is 1. The lowest BCUT2D eigenvalue weighted by Gasteiger charge is -2.28. The molecule has 2 N–H and O–H groups in total. The highest BCUT2D eigenvalue weighted by molar-refractivity contribution is 7.21. The molecular weight excluding hydrogens is 317 g/mol. The zero-order valence-electron chi connectivity index (χ0n) is 12.8. The van der Waals surface area contributed by atoms with Crippen LogP contribution in [-0.4, -0.2) is 22.5 Å². The maximum atomic E-state index is 14.0. The first kappa shape index (κ1) is 15.9. The summed E-state index contributed by atoms with van der Waals surface area (Å²) in [6.45, 7) is 1.73. The fourth-order valence-electron chi connectivity index (χ4n) is 3.45. The molecule has 0 saturated heterocycles. The lowest BCUT2D eigenvalue weighted by atomic mass is 9.93. The molecule has 1 fully saturated rings. The summed E-state index contributed by atoms with van der Waals surface area (Å²) < 4.78 is 14.7. The van der Waals surface area contributed by atoms with Gasteiger partial charge in [0.25, 0.3) is 5.91 Å². The molecule has 1 amide bonds. The minimum absolute atomic E-state index is 0.0724. The molecule has 0 aliphatic heterocycles. The molecule has 0 bridgehead atoms. The van der Waals surface area contributed by atoms with E-state index in [1.54, 1.807) is 19.1 Å². The second kappa shape index (κ2) is 5.92. The van der Waals surface area contributed by atoms with Gasteiger partial charge in [0, 0.05) is 10.1 Å². The number of carboxylic acids is 1. The number of hydrogen-bond donors (Lipinski definition) is 2. The number of rotatable bonds is 4. The Hall–Kier alpha value is -1.95. The van der Waals surface area contributed by atoms with Gasteiger partial charge in [-0.1, -0.05) is 18.9 Å². The summed E-state index contributed by atoms with van der Waals surface area (Å²) in [5, 5.41) is 12.5. The average Bonchev–Trinajstić information content (AvgIpc) is 3.04. The van der Waals surface area contributed by atoms with Crippen LogP contribution in [0.5, 0.6) is 0 Å². The van der Waals surface area contributed by atoms with Crippen molar-refractivity contribution >= 4 is 33.3 Å². The Kier molecular flexibility index (Phi) is 4.10. The molecule has 1 heterocycles. The molecule has 1 saturated carbocycles. The number of hydrogen-bond acceptors (Lipinski definition) is 3. The molecule has 0 unspecified atom stereocenters. The van der Waals surface area contributed by atoms with Crippen molar-refractivity contribution in [2.24, 2.45) is 0 Å². The van der Waals surface area contributed by atoms with Gasteiger partial charge in [-0.05, 0) is 37.5 Å². The molecule has 1 aromatic carbocycles. The Labute approximate surface area is 137 Å². The van der Waals surface area contributed by atoms with E-state index >= 15 is 0 Å². The van der Waals surface area contributed by atoms with Gasteiger partial charge in [-0.25, -0.2) is 4.39 Å². The molecule has 2 aromatic rings. The number of halogens is 1. The number of thiophene rings is 1. The number of carbonyl (C=O) groups is 2.